The molecule has 0 aromatic heterocycles. The lowest BCUT2D eigenvalue weighted by Gasteiger charge is -2.16. The van der Waals surface area contributed by atoms with Crippen LogP contribution in [-0.4, -0.2) is 37.0 Å². The minimum absolute atomic E-state index is 0.173. The van der Waals surface area contributed by atoms with Crippen LogP contribution >= 0.6 is 0 Å². The van der Waals surface area contributed by atoms with Crippen LogP contribution in [0.2, 0.25) is 0 Å². The van der Waals surface area contributed by atoms with E-state index in [1.807, 2.05) is 0 Å². The molecule has 0 spiro atoms. The number of allylic oxidation sites excluding steroid dienone is 6. The lowest BCUT2D eigenvalue weighted by atomic mass is 10.0. The molecule has 0 heterocycles. The summed E-state index contributed by atoms with van der Waals surface area (Å²) < 4.78 is 11.2. The maximum Gasteiger partial charge on any atom is 0.306 e. The van der Waals surface area contributed by atoms with Crippen molar-refractivity contribution < 1.29 is 19.4 Å². The van der Waals surface area contributed by atoms with Crippen molar-refractivity contribution in [3.63, 3.8) is 0 Å². The smallest absolute Gasteiger partial charge is 0.306 e. The Kier molecular flexibility index (Phi) is 39.6. The van der Waals surface area contributed by atoms with Gasteiger partial charge in [-0.1, -0.05) is 192 Å². The van der Waals surface area contributed by atoms with E-state index in [-0.39, 0.29) is 12.6 Å². The van der Waals surface area contributed by atoms with Gasteiger partial charge in [-0.3, -0.25) is 4.79 Å². The predicted molar refractivity (Wildman–Crippen MR) is 205 cm³/mol. The third-order valence-electron chi connectivity index (χ3n) is 8.98. The molecule has 1 N–H and O–H groups in total. The quantitative estimate of drug-likeness (QED) is 0.0407. The van der Waals surface area contributed by atoms with Gasteiger partial charge in [-0.15, -0.1) is 0 Å². The van der Waals surface area contributed by atoms with Gasteiger partial charge in [0, 0.05) is 13.0 Å². The molecular formula is C43H80O4. The Morgan fingerprint density at radius 1 is 0.532 bits per heavy atom. The van der Waals surface area contributed by atoms with Crippen molar-refractivity contribution in [3.05, 3.63) is 36.5 Å². The van der Waals surface area contributed by atoms with Crippen molar-refractivity contribution in [2.75, 3.05) is 19.8 Å². The van der Waals surface area contributed by atoms with E-state index in [1.54, 1.807) is 0 Å². The van der Waals surface area contributed by atoms with E-state index < -0.39 is 6.10 Å². The highest BCUT2D eigenvalue weighted by atomic mass is 16.6. The molecule has 0 aromatic carbocycles. The molecule has 4 heteroatoms. The number of esters is 1. The van der Waals surface area contributed by atoms with Gasteiger partial charge in [0.2, 0.25) is 0 Å². The number of hydrogen-bond acceptors (Lipinski definition) is 4. The third-order valence-corrected chi connectivity index (χ3v) is 8.98. The Morgan fingerprint density at radius 3 is 1.45 bits per heavy atom. The maximum atomic E-state index is 12.2. The van der Waals surface area contributed by atoms with Crippen molar-refractivity contribution in [3.8, 4) is 0 Å². The average Bonchev–Trinajstić information content (AvgIpc) is 3.08. The number of carbonyl (C=O) groups excluding carboxylic acids is 1. The zero-order valence-electron chi connectivity index (χ0n) is 31.5. The molecule has 4 nitrogen and oxygen atoms in total. The van der Waals surface area contributed by atoms with Gasteiger partial charge in [0.1, 0.15) is 6.10 Å². The monoisotopic (exact) mass is 661 g/mol. The van der Waals surface area contributed by atoms with Crippen LogP contribution in [0.15, 0.2) is 36.5 Å². The van der Waals surface area contributed by atoms with E-state index in [4.69, 9.17) is 9.47 Å². The van der Waals surface area contributed by atoms with Gasteiger partial charge < -0.3 is 14.6 Å². The summed E-state index contributed by atoms with van der Waals surface area (Å²) in [6.45, 7) is 5.25. The molecule has 0 aliphatic rings. The highest BCUT2D eigenvalue weighted by Crippen LogP contribution is 2.15. The molecule has 0 aromatic rings. The van der Waals surface area contributed by atoms with Gasteiger partial charge in [-0.2, -0.15) is 0 Å². The van der Waals surface area contributed by atoms with Crippen molar-refractivity contribution in [1.29, 1.82) is 0 Å². The summed E-state index contributed by atoms with van der Waals surface area (Å²) in [6.07, 6.45) is 50.5. The SMILES string of the molecule is CC/C=C\C/C=C\C/C=C\CCCCCCCCCC(=O)OC(CO)COCCCCCCCCCCCCCCCCCCCC. The van der Waals surface area contributed by atoms with E-state index in [1.165, 1.54) is 148 Å². The summed E-state index contributed by atoms with van der Waals surface area (Å²) in [4.78, 5) is 12.2. The normalized spacial score (nSPS) is 12.7. The Balaban J connectivity index is 3.42. The van der Waals surface area contributed by atoms with Crippen LogP contribution in [0, 0.1) is 0 Å². The standard InChI is InChI=1S/C43H80O4/c1-3-5-7-9-11-13-15-17-19-21-23-25-27-29-31-33-35-37-39-46-41-42(40-44)47-43(45)38-36-34-32-30-28-26-24-22-20-18-16-14-12-10-8-6-4-2/h6,8,12,14,18,20,42,44H,3-5,7,9-11,13,15-17,19,21-41H2,1-2H3/b8-6-,14-12-,20-18-. The summed E-state index contributed by atoms with van der Waals surface area (Å²) >= 11 is 0. The van der Waals surface area contributed by atoms with Gasteiger partial charge in [0.15, 0.2) is 0 Å². The molecule has 1 atom stereocenters. The fourth-order valence-electron chi connectivity index (χ4n) is 5.93. The number of aliphatic hydroxyl groups is 1. The molecular weight excluding hydrogens is 580 g/mol. The molecule has 276 valence electrons. The minimum atomic E-state index is -0.536. The van der Waals surface area contributed by atoms with Crippen molar-refractivity contribution in [2.24, 2.45) is 0 Å². The first-order chi connectivity index (χ1) is 23.2. The predicted octanol–water partition coefficient (Wildman–Crippen LogP) is 13.3. The molecule has 0 aliphatic carbocycles. The van der Waals surface area contributed by atoms with Crippen molar-refractivity contribution >= 4 is 5.97 Å². The van der Waals surface area contributed by atoms with Crippen LogP contribution in [0.25, 0.3) is 0 Å². The molecule has 0 saturated carbocycles. The molecule has 0 aliphatic heterocycles. The average molecular weight is 661 g/mol. The van der Waals surface area contributed by atoms with E-state index in [2.05, 4.69) is 50.3 Å². The summed E-state index contributed by atoms with van der Waals surface area (Å²) in [6, 6.07) is 0. The van der Waals surface area contributed by atoms with Crippen LogP contribution in [0.3, 0.4) is 0 Å². The first-order valence-corrected chi connectivity index (χ1v) is 20.6. The summed E-state index contributed by atoms with van der Waals surface area (Å²) in [5, 5.41) is 9.59. The van der Waals surface area contributed by atoms with E-state index >= 15 is 0 Å². The van der Waals surface area contributed by atoms with E-state index in [0.29, 0.717) is 19.6 Å². The third kappa shape index (κ3) is 38.9. The number of rotatable bonds is 38. The first-order valence-electron chi connectivity index (χ1n) is 20.6. The second-order valence-electron chi connectivity index (χ2n) is 13.7. The topological polar surface area (TPSA) is 55.8 Å². The Labute approximate surface area is 293 Å². The number of hydrogen-bond donors (Lipinski definition) is 1. The zero-order chi connectivity index (χ0) is 34.1. The first kappa shape index (κ1) is 45.6. The number of unbranched alkanes of at least 4 members (excludes halogenated alkanes) is 24. The largest absolute Gasteiger partial charge is 0.457 e. The molecule has 0 bridgehead atoms. The van der Waals surface area contributed by atoms with E-state index in [0.717, 1.165) is 38.5 Å². The van der Waals surface area contributed by atoms with Crippen LogP contribution in [0.4, 0.5) is 0 Å². The van der Waals surface area contributed by atoms with E-state index in [9.17, 15) is 9.90 Å². The van der Waals surface area contributed by atoms with Gasteiger partial charge in [-0.25, -0.2) is 0 Å². The Hall–Kier alpha value is -1.39. The van der Waals surface area contributed by atoms with Gasteiger partial charge in [0.05, 0.1) is 13.2 Å². The fourth-order valence-corrected chi connectivity index (χ4v) is 5.93. The zero-order valence-corrected chi connectivity index (χ0v) is 31.5. The molecule has 0 rings (SSSR count). The molecule has 47 heavy (non-hydrogen) atoms. The Morgan fingerprint density at radius 2 is 0.957 bits per heavy atom. The van der Waals surface area contributed by atoms with Crippen LogP contribution in [0.1, 0.15) is 206 Å². The lowest BCUT2D eigenvalue weighted by Crippen LogP contribution is -2.27. The molecule has 0 radical (unpaired) electrons. The highest BCUT2D eigenvalue weighted by molar-refractivity contribution is 5.69. The minimum Gasteiger partial charge on any atom is -0.457 e. The van der Waals surface area contributed by atoms with Crippen LogP contribution in [0.5, 0.6) is 0 Å². The summed E-state index contributed by atoms with van der Waals surface area (Å²) in [7, 11) is 0. The highest BCUT2D eigenvalue weighted by Gasteiger charge is 2.13. The van der Waals surface area contributed by atoms with Crippen molar-refractivity contribution in [2.45, 2.75) is 213 Å². The van der Waals surface area contributed by atoms with Gasteiger partial charge in [0.25, 0.3) is 0 Å². The summed E-state index contributed by atoms with van der Waals surface area (Å²) in [5.41, 5.74) is 0. The number of carbonyl (C=O) groups is 1. The van der Waals surface area contributed by atoms with Crippen LogP contribution in [-0.2, 0) is 14.3 Å². The summed E-state index contributed by atoms with van der Waals surface area (Å²) in [5.74, 6) is -0.208. The number of aliphatic hydroxyl groups excluding tert-OH is 1. The maximum absolute atomic E-state index is 12.2. The van der Waals surface area contributed by atoms with Gasteiger partial charge in [-0.05, 0) is 44.9 Å². The second kappa shape index (κ2) is 40.8. The molecule has 0 fully saturated rings. The van der Waals surface area contributed by atoms with Crippen molar-refractivity contribution in [1.82, 2.24) is 0 Å². The second-order valence-corrected chi connectivity index (χ2v) is 13.7. The fraction of sp³-hybridized carbons (Fsp3) is 0.837. The molecule has 1 unspecified atom stereocenters. The number of ether oxygens (including phenoxy) is 2. The molecule has 0 saturated heterocycles. The lowest BCUT2D eigenvalue weighted by molar-refractivity contribution is -0.154. The Bertz CT molecular complexity index is 698. The van der Waals surface area contributed by atoms with Crippen LogP contribution < -0.4 is 0 Å². The molecule has 0 amide bonds. The van der Waals surface area contributed by atoms with Gasteiger partial charge >= 0.3 is 5.97 Å².